The summed E-state index contributed by atoms with van der Waals surface area (Å²) in [6, 6.07) is 15.1. The molecule has 5 rings (SSSR count). The third-order valence-corrected chi connectivity index (χ3v) is 10.6. The number of nitrogens with zero attached hydrogens (tertiary/aromatic N) is 2. The molecule has 2 aromatic rings. The van der Waals surface area contributed by atoms with Gasteiger partial charge in [0.05, 0.1) is 35.9 Å². The summed E-state index contributed by atoms with van der Waals surface area (Å²) in [6.45, 7) is 4.88. The van der Waals surface area contributed by atoms with Gasteiger partial charge < -0.3 is 29.5 Å². The fourth-order valence-electron chi connectivity index (χ4n) is 8.01. The van der Waals surface area contributed by atoms with Crippen LogP contribution in [0, 0.1) is 23.7 Å². The SMILES string of the molecule is CCCN(Cc1ccc(OC2CCCCC2)cc1)C(=O)[C@H]1[C@H](C(=O)O)[C@H](C(=O)N(CCC)Cc2ccc(OC3CCCCC3)cc2)[C@H]1C(=O)O. The lowest BCUT2D eigenvalue weighted by atomic mass is 9.55. The van der Waals surface area contributed by atoms with E-state index >= 15 is 0 Å². The van der Waals surface area contributed by atoms with E-state index in [-0.39, 0.29) is 25.3 Å². The summed E-state index contributed by atoms with van der Waals surface area (Å²) in [4.78, 5) is 56.6. The van der Waals surface area contributed by atoms with Crippen LogP contribution in [0.4, 0.5) is 0 Å². The van der Waals surface area contributed by atoms with Gasteiger partial charge in [0, 0.05) is 26.2 Å². The molecular weight excluding hydrogens is 636 g/mol. The van der Waals surface area contributed by atoms with Gasteiger partial charge in [0.25, 0.3) is 0 Å². The lowest BCUT2D eigenvalue weighted by Gasteiger charge is -2.48. The topological polar surface area (TPSA) is 134 Å². The van der Waals surface area contributed by atoms with E-state index in [1.165, 1.54) is 48.3 Å². The molecule has 50 heavy (non-hydrogen) atoms. The van der Waals surface area contributed by atoms with Crippen molar-refractivity contribution in [3.63, 3.8) is 0 Å². The number of benzene rings is 2. The van der Waals surface area contributed by atoms with Crippen molar-refractivity contribution in [3.05, 3.63) is 59.7 Å². The predicted molar refractivity (Wildman–Crippen MR) is 189 cm³/mol. The molecule has 10 heteroatoms. The monoisotopic (exact) mass is 690 g/mol. The van der Waals surface area contributed by atoms with E-state index in [4.69, 9.17) is 9.47 Å². The van der Waals surface area contributed by atoms with Crippen LogP contribution in [-0.2, 0) is 32.3 Å². The molecule has 10 nitrogen and oxygen atoms in total. The highest BCUT2D eigenvalue weighted by Gasteiger charge is 2.64. The van der Waals surface area contributed by atoms with E-state index in [2.05, 4.69) is 0 Å². The average molecular weight is 691 g/mol. The van der Waals surface area contributed by atoms with Crippen LogP contribution in [0.3, 0.4) is 0 Å². The summed E-state index contributed by atoms with van der Waals surface area (Å²) in [6.07, 6.45) is 12.9. The highest BCUT2D eigenvalue weighted by Crippen LogP contribution is 2.49. The van der Waals surface area contributed by atoms with E-state index in [0.29, 0.717) is 25.9 Å². The van der Waals surface area contributed by atoms with Gasteiger partial charge in [-0.05, 0) is 99.6 Å². The molecule has 0 saturated heterocycles. The molecule has 3 saturated carbocycles. The number of carboxylic acids is 2. The molecule has 2 amide bonds. The summed E-state index contributed by atoms with van der Waals surface area (Å²) in [5.41, 5.74) is 1.66. The smallest absolute Gasteiger partial charge is 0.308 e. The Balaban J connectivity index is 1.28. The minimum absolute atomic E-state index is 0.201. The Hall–Kier alpha value is -4.08. The number of amides is 2. The second kappa shape index (κ2) is 17.7. The Kier molecular flexibility index (Phi) is 13.2. The van der Waals surface area contributed by atoms with Crippen LogP contribution in [0.2, 0.25) is 0 Å². The van der Waals surface area contributed by atoms with E-state index in [9.17, 15) is 29.4 Å². The first-order chi connectivity index (χ1) is 24.2. The van der Waals surface area contributed by atoms with Crippen LogP contribution in [-0.4, -0.2) is 69.1 Å². The van der Waals surface area contributed by atoms with Gasteiger partial charge in [0.15, 0.2) is 0 Å². The molecule has 3 aliphatic carbocycles. The standard InChI is InChI=1S/C40H54N2O8/c1-3-23-41(25-27-15-19-31(20-16-27)49-29-11-7-5-8-12-29)37(43)33-35(39(45)46)34(36(33)40(47)48)38(44)42(24-4-2)26-28-17-21-32(22-18-28)50-30-13-9-6-10-14-30/h15-22,29-30,33-36H,3-14,23-26H2,1-2H3,(H,45,46)(H,47,48)/t33-,34-,35-,36-. The third kappa shape index (κ3) is 9.17. The van der Waals surface area contributed by atoms with Crippen molar-refractivity contribution < 1.29 is 38.9 Å². The number of carboxylic acid groups (broad SMARTS) is 2. The zero-order chi connectivity index (χ0) is 35.6. The molecule has 0 aromatic heterocycles. The van der Waals surface area contributed by atoms with Gasteiger partial charge in [-0.3, -0.25) is 19.2 Å². The van der Waals surface area contributed by atoms with E-state index < -0.39 is 47.4 Å². The quantitative estimate of drug-likeness (QED) is 0.194. The Morgan fingerprint density at radius 2 is 0.900 bits per heavy atom. The third-order valence-electron chi connectivity index (χ3n) is 10.6. The molecule has 3 fully saturated rings. The maximum Gasteiger partial charge on any atom is 0.308 e. The number of hydrogen-bond acceptors (Lipinski definition) is 6. The molecular formula is C40H54N2O8. The molecule has 0 spiro atoms. The summed E-state index contributed by atoms with van der Waals surface area (Å²) in [5.74, 6) is -7.79. The number of rotatable bonds is 16. The van der Waals surface area contributed by atoms with Crippen molar-refractivity contribution >= 4 is 23.8 Å². The number of ether oxygens (including phenoxy) is 2. The summed E-state index contributed by atoms with van der Waals surface area (Å²) < 4.78 is 12.3. The minimum atomic E-state index is -1.44. The van der Waals surface area contributed by atoms with E-state index in [1.54, 1.807) is 0 Å². The van der Waals surface area contributed by atoms with Gasteiger partial charge in [-0.1, -0.05) is 51.0 Å². The summed E-state index contributed by atoms with van der Waals surface area (Å²) in [7, 11) is 0. The first-order valence-corrected chi connectivity index (χ1v) is 18.7. The van der Waals surface area contributed by atoms with Crippen molar-refractivity contribution in [1.82, 2.24) is 9.80 Å². The molecule has 0 aliphatic heterocycles. The van der Waals surface area contributed by atoms with Crippen LogP contribution < -0.4 is 9.47 Å². The molecule has 3 aliphatic rings. The van der Waals surface area contributed by atoms with Crippen molar-refractivity contribution in [2.24, 2.45) is 23.7 Å². The van der Waals surface area contributed by atoms with Crippen LogP contribution in [0.5, 0.6) is 11.5 Å². The summed E-state index contributed by atoms with van der Waals surface area (Å²) >= 11 is 0. The normalized spacial score (nSPS) is 22.6. The molecule has 2 N–H and O–H groups in total. The number of carbonyl (C=O) groups excluding carboxylic acids is 2. The van der Waals surface area contributed by atoms with Gasteiger partial charge in [-0.2, -0.15) is 0 Å². The Morgan fingerprint density at radius 3 is 1.20 bits per heavy atom. The minimum Gasteiger partial charge on any atom is -0.490 e. The van der Waals surface area contributed by atoms with Crippen LogP contribution in [0.25, 0.3) is 0 Å². The maximum atomic E-state index is 14.0. The number of aliphatic carboxylic acids is 2. The largest absolute Gasteiger partial charge is 0.490 e. The lowest BCUT2D eigenvalue weighted by molar-refractivity contribution is -0.187. The molecule has 0 radical (unpaired) electrons. The van der Waals surface area contributed by atoms with Crippen molar-refractivity contribution in [2.45, 2.75) is 116 Å². The van der Waals surface area contributed by atoms with Crippen molar-refractivity contribution in [2.75, 3.05) is 13.1 Å². The van der Waals surface area contributed by atoms with Gasteiger partial charge in [0.1, 0.15) is 11.5 Å². The number of carbonyl (C=O) groups is 4. The summed E-state index contributed by atoms with van der Waals surface area (Å²) in [5, 5.41) is 20.7. The fourth-order valence-corrected chi connectivity index (χ4v) is 8.01. The second-order valence-corrected chi connectivity index (χ2v) is 14.3. The van der Waals surface area contributed by atoms with Crippen LogP contribution in [0.15, 0.2) is 48.5 Å². The molecule has 0 atom stereocenters. The van der Waals surface area contributed by atoms with Crippen molar-refractivity contribution in [1.29, 1.82) is 0 Å². The van der Waals surface area contributed by atoms with E-state index in [1.807, 2.05) is 62.4 Å². The van der Waals surface area contributed by atoms with Crippen LogP contribution in [0.1, 0.15) is 102 Å². The zero-order valence-corrected chi connectivity index (χ0v) is 29.6. The van der Waals surface area contributed by atoms with E-state index in [0.717, 1.165) is 48.3 Å². The first kappa shape index (κ1) is 37.2. The first-order valence-electron chi connectivity index (χ1n) is 18.7. The predicted octanol–water partition coefficient (Wildman–Crippen LogP) is 6.93. The van der Waals surface area contributed by atoms with Gasteiger partial charge in [-0.25, -0.2) is 0 Å². The van der Waals surface area contributed by atoms with Gasteiger partial charge in [0.2, 0.25) is 11.8 Å². The Bertz CT molecular complexity index is 1310. The molecule has 0 bridgehead atoms. The zero-order valence-electron chi connectivity index (χ0n) is 29.6. The molecule has 0 heterocycles. The Labute approximate surface area is 296 Å². The number of hydrogen-bond donors (Lipinski definition) is 2. The molecule has 272 valence electrons. The van der Waals surface area contributed by atoms with Crippen LogP contribution >= 0.6 is 0 Å². The lowest BCUT2D eigenvalue weighted by Crippen LogP contribution is -2.64. The van der Waals surface area contributed by atoms with Gasteiger partial charge >= 0.3 is 11.9 Å². The van der Waals surface area contributed by atoms with Gasteiger partial charge in [-0.15, -0.1) is 0 Å². The highest BCUT2D eigenvalue weighted by molar-refractivity contribution is 5.99. The fraction of sp³-hybridized carbons (Fsp3) is 0.600. The van der Waals surface area contributed by atoms with Crippen molar-refractivity contribution in [3.8, 4) is 11.5 Å². The highest BCUT2D eigenvalue weighted by atomic mass is 16.5. The molecule has 0 unspecified atom stereocenters. The maximum absolute atomic E-state index is 14.0. The Morgan fingerprint density at radius 1 is 0.560 bits per heavy atom. The molecule has 2 aromatic carbocycles. The average Bonchev–Trinajstić information content (AvgIpc) is 3.09. The second-order valence-electron chi connectivity index (χ2n) is 14.3.